The van der Waals surface area contributed by atoms with E-state index < -0.39 is 0 Å². The summed E-state index contributed by atoms with van der Waals surface area (Å²) in [5.74, 6) is 0.289. The van der Waals surface area contributed by atoms with Crippen LogP contribution in [0.3, 0.4) is 0 Å². The van der Waals surface area contributed by atoms with E-state index in [0.717, 1.165) is 6.54 Å². The Bertz CT molecular complexity index is 200. The summed E-state index contributed by atoms with van der Waals surface area (Å²) in [5, 5.41) is 3.02. The highest BCUT2D eigenvalue weighted by Crippen LogP contribution is 2.13. The van der Waals surface area contributed by atoms with Crippen molar-refractivity contribution in [2.24, 2.45) is 5.92 Å². The Labute approximate surface area is 78.3 Å². The smallest absolute Gasteiger partial charge is 0.229 e. The van der Waals surface area contributed by atoms with Crippen LogP contribution >= 0.6 is 0 Å². The first-order valence-corrected chi connectivity index (χ1v) is 4.63. The lowest BCUT2D eigenvalue weighted by Gasteiger charge is -2.18. The van der Waals surface area contributed by atoms with E-state index >= 15 is 0 Å². The second kappa shape index (κ2) is 4.37. The zero-order valence-corrected chi connectivity index (χ0v) is 8.17. The summed E-state index contributed by atoms with van der Waals surface area (Å²) in [5.41, 5.74) is 0. The molecule has 1 aliphatic rings. The summed E-state index contributed by atoms with van der Waals surface area (Å²) < 4.78 is 0. The molecule has 1 saturated heterocycles. The van der Waals surface area contributed by atoms with Gasteiger partial charge in [-0.1, -0.05) is 6.92 Å². The van der Waals surface area contributed by atoms with Crippen molar-refractivity contribution >= 4 is 11.8 Å². The Morgan fingerprint density at radius 2 is 1.92 bits per heavy atom. The maximum atomic E-state index is 11.2. The first kappa shape index (κ1) is 10.2. The van der Waals surface area contributed by atoms with E-state index in [1.807, 2.05) is 14.0 Å². The summed E-state index contributed by atoms with van der Waals surface area (Å²) in [6.07, 6.45) is 0.788. The molecule has 0 aromatic rings. The van der Waals surface area contributed by atoms with Crippen molar-refractivity contribution < 1.29 is 9.59 Å². The molecule has 4 heteroatoms. The highest BCUT2D eigenvalue weighted by Gasteiger charge is 2.29. The van der Waals surface area contributed by atoms with E-state index in [-0.39, 0.29) is 11.8 Å². The molecule has 0 saturated carbocycles. The van der Waals surface area contributed by atoms with Gasteiger partial charge in [0.1, 0.15) is 0 Å². The van der Waals surface area contributed by atoms with Crippen LogP contribution in [-0.2, 0) is 9.59 Å². The molecule has 1 fully saturated rings. The van der Waals surface area contributed by atoms with Gasteiger partial charge in [-0.3, -0.25) is 14.5 Å². The summed E-state index contributed by atoms with van der Waals surface area (Å²) >= 11 is 0. The number of carbonyl (C=O) groups is 2. The molecule has 1 N–H and O–H groups in total. The lowest BCUT2D eigenvalue weighted by molar-refractivity contribution is -0.138. The van der Waals surface area contributed by atoms with Crippen molar-refractivity contribution in [2.75, 3.05) is 20.1 Å². The molecule has 13 heavy (non-hydrogen) atoms. The standard InChI is InChI=1S/C9H16N2O2/c1-7(5-10-2)6-11-8(12)3-4-9(11)13/h7,10H,3-6H2,1-2H3. The van der Waals surface area contributed by atoms with Gasteiger partial charge in [0.05, 0.1) is 0 Å². The fourth-order valence-electron chi connectivity index (χ4n) is 1.55. The first-order valence-electron chi connectivity index (χ1n) is 4.63. The van der Waals surface area contributed by atoms with Crippen molar-refractivity contribution in [3.8, 4) is 0 Å². The van der Waals surface area contributed by atoms with E-state index in [1.165, 1.54) is 4.90 Å². The van der Waals surface area contributed by atoms with E-state index in [2.05, 4.69) is 5.32 Å². The predicted molar refractivity (Wildman–Crippen MR) is 49.0 cm³/mol. The summed E-state index contributed by atoms with van der Waals surface area (Å²) in [6.45, 7) is 3.41. The van der Waals surface area contributed by atoms with Crippen LogP contribution in [-0.4, -0.2) is 36.9 Å². The van der Waals surface area contributed by atoms with Gasteiger partial charge in [0.25, 0.3) is 0 Å². The molecule has 0 aromatic carbocycles. The van der Waals surface area contributed by atoms with E-state index in [0.29, 0.717) is 25.3 Å². The average Bonchev–Trinajstić information content (AvgIpc) is 2.36. The van der Waals surface area contributed by atoms with Gasteiger partial charge in [-0.05, 0) is 19.5 Å². The fourth-order valence-corrected chi connectivity index (χ4v) is 1.55. The number of imide groups is 1. The summed E-state index contributed by atoms with van der Waals surface area (Å²) in [6, 6.07) is 0. The van der Waals surface area contributed by atoms with Crippen LogP contribution in [0.15, 0.2) is 0 Å². The first-order chi connectivity index (χ1) is 6.15. The second-order valence-electron chi connectivity index (χ2n) is 3.56. The number of rotatable bonds is 4. The van der Waals surface area contributed by atoms with Gasteiger partial charge < -0.3 is 5.32 Å². The molecule has 1 aliphatic heterocycles. The van der Waals surface area contributed by atoms with Crippen LogP contribution < -0.4 is 5.32 Å². The van der Waals surface area contributed by atoms with Gasteiger partial charge in [0.2, 0.25) is 11.8 Å². The highest BCUT2D eigenvalue weighted by atomic mass is 16.2. The van der Waals surface area contributed by atoms with Crippen molar-refractivity contribution in [1.29, 1.82) is 0 Å². The van der Waals surface area contributed by atoms with E-state index in [9.17, 15) is 9.59 Å². The Balaban J connectivity index is 2.43. The molecular formula is C9H16N2O2. The van der Waals surface area contributed by atoms with Gasteiger partial charge in [0.15, 0.2) is 0 Å². The van der Waals surface area contributed by atoms with E-state index in [1.54, 1.807) is 0 Å². The van der Waals surface area contributed by atoms with Gasteiger partial charge in [-0.25, -0.2) is 0 Å². The zero-order chi connectivity index (χ0) is 9.84. The van der Waals surface area contributed by atoms with Crippen LogP contribution in [0.1, 0.15) is 19.8 Å². The number of amides is 2. The molecule has 74 valence electrons. The largest absolute Gasteiger partial charge is 0.319 e. The Morgan fingerprint density at radius 3 is 2.38 bits per heavy atom. The van der Waals surface area contributed by atoms with Crippen LogP contribution in [0.5, 0.6) is 0 Å². The molecule has 0 spiro atoms. The van der Waals surface area contributed by atoms with E-state index in [4.69, 9.17) is 0 Å². The maximum absolute atomic E-state index is 11.2. The van der Waals surface area contributed by atoms with Gasteiger partial charge in [0, 0.05) is 19.4 Å². The molecule has 1 unspecified atom stereocenters. The van der Waals surface area contributed by atoms with Crippen LogP contribution in [0, 0.1) is 5.92 Å². The van der Waals surface area contributed by atoms with Crippen molar-refractivity contribution in [3.05, 3.63) is 0 Å². The lowest BCUT2D eigenvalue weighted by atomic mass is 10.1. The molecule has 1 atom stereocenters. The van der Waals surface area contributed by atoms with Gasteiger partial charge in [-0.2, -0.15) is 0 Å². The molecule has 1 rings (SSSR count). The topological polar surface area (TPSA) is 49.4 Å². The molecular weight excluding hydrogens is 168 g/mol. The van der Waals surface area contributed by atoms with Crippen LogP contribution in [0.4, 0.5) is 0 Å². The Kier molecular flexibility index (Phi) is 3.42. The van der Waals surface area contributed by atoms with Gasteiger partial charge >= 0.3 is 0 Å². The predicted octanol–water partition coefficient (Wildman–Crippen LogP) is -0.00910. The summed E-state index contributed by atoms with van der Waals surface area (Å²) in [4.78, 5) is 23.8. The van der Waals surface area contributed by atoms with Crippen molar-refractivity contribution in [1.82, 2.24) is 10.2 Å². The SMILES string of the molecule is CNCC(C)CN1C(=O)CCC1=O. The van der Waals surface area contributed by atoms with Crippen LogP contribution in [0.2, 0.25) is 0 Å². The number of likely N-dealkylation sites (tertiary alicyclic amines) is 1. The third-order valence-electron chi connectivity index (χ3n) is 2.20. The summed E-state index contributed by atoms with van der Waals surface area (Å²) in [7, 11) is 1.87. The maximum Gasteiger partial charge on any atom is 0.229 e. The monoisotopic (exact) mass is 184 g/mol. The van der Waals surface area contributed by atoms with Crippen molar-refractivity contribution in [3.63, 3.8) is 0 Å². The average molecular weight is 184 g/mol. The molecule has 4 nitrogen and oxygen atoms in total. The lowest BCUT2D eigenvalue weighted by Crippen LogP contribution is -2.36. The Morgan fingerprint density at radius 1 is 1.38 bits per heavy atom. The fraction of sp³-hybridized carbons (Fsp3) is 0.778. The number of hydrogen-bond acceptors (Lipinski definition) is 3. The third-order valence-corrected chi connectivity index (χ3v) is 2.20. The third kappa shape index (κ3) is 2.52. The minimum atomic E-state index is -0.0204. The quantitative estimate of drug-likeness (QED) is 0.625. The molecule has 0 aromatic heterocycles. The number of hydrogen-bond donors (Lipinski definition) is 1. The van der Waals surface area contributed by atoms with Crippen molar-refractivity contribution in [2.45, 2.75) is 19.8 Å². The number of nitrogens with one attached hydrogen (secondary N) is 1. The minimum absolute atomic E-state index is 0.0204. The van der Waals surface area contributed by atoms with Gasteiger partial charge in [-0.15, -0.1) is 0 Å². The molecule has 2 amide bonds. The molecule has 0 bridgehead atoms. The number of carbonyl (C=O) groups excluding carboxylic acids is 2. The normalized spacial score (nSPS) is 19.7. The zero-order valence-electron chi connectivity index (χ0n) is 8.17. The molecule has 0 aliphatic carbocycles. The minimum Gasteiger partial charge on any atom is -0.319 e. The molecule has 0 radical (unpaired) electrons. The number of nitrogens with zero attached hydrogens (tertiary/aromatic N) is 1. The Hall–Kier alpha value is -0.900. The van der Waals surface area contributed by atoms with Crippen LogP contribution in [0.25, 0.3) is 0 Å². The highest BCUT2D eigenvalue weighted by molar-refractivity contribution is 6.01. The second-order valence-corrected chi connectivity index (χ2v) is 3.56. The molecule has 1 heterocycles.